The fourth-order valence-corrected chi connectivity index (χ4v) is 2.56. The molecule has 3 amide bonds. The molecule has 0 bridgehead atoms. The zero-order valence-corrected chi connectivity index (χ0v) is 16.7. The molecule has 2 rings (SSSR count). The van der Waals surface area contributed by atoms with E-state index in [1.165, 1.54) is 0 Å². The molecule has 2 aromatic rings. The van der Waals surface area contributed by atoms with Gasteiger partial charge in [0.2, 0.25) is 11.8 Å². The smallest absolute Gasteiger partial charge is 0.251 e. The van der Waals surface area contributed by atoms with E-state index in [2.05, 4.69) is 16.0 Å². The lowest BCUT2D eigenvalue weighted by Crippen LogP contribution is -2.51. The number of nitrogens with one attached hydrogen (secondary N) is 3. The first kappa shape index (κ1) is 22.9. The van der Waals surface area contributed by atoms with Gasteiger partial charge in [-0.05, 0) is 37.1 Å². The summed E-state index contributed by atoms with van der Waals surface area (Å²) in [5.74, 6) is -6.84. The Hall–Kier alpha value is -3.36. The van der Waals surface area contributed by atoms with Gasteiger partial charge in [-0.25, -0.2) is 13.2 Å². The van der Waals surface area contributed by atoms with Gasteiger partial charge >= 0.3 is 0 Å². The molecule has 160 valence electrons. The fourth-order valence-electron chi connectivity index (χ4n) is 2.56. The molecule has 0 fully saturated rings. The molecule has 0 spiro atoms. The van der Waals surface area contributed by atoms with E-state index in [9.17, 15) is 27.6 Å². The zero-order valence-electron chi connectivity index (χ0n) is 16.7. The van der Waals surface area contributed by atoms with E-state index >= 15 is 0 Å². The van der Waals surface area contributed by atoms with Gasteiger partial charge < -0.3 is 16.0 Å². The van der Waals surface area contributed by atoms with Gasteiger partial charge in [-0.3, -0.25) is 14.4 Å². The van der Waals surface area contributed by atoms with Crippen molar-refractivity contribution in [3.63, 3.8) is 0 Å². The van der Waals surface area contributed by atoms with E-state index < -0.39 is 53.4 Å². The third-order valence-electron chi connectivity index (χ3n) is 4.28. The van der Waals surface area contributed by atoms with E-state index in [1.807, 2.05) is 6.92 Å². The van der Waals surface area contributed by atoms with Gasteiger partial charge in [0.25, 0.3) is 5.91 Å². The van der Waals surface area contributed by atoms with Crippen molar-refractivity contribution in [3.8, 4) is 0 Å². The Balaban J connectivity index is 1.96. The first-order valence-corrected chi connectivity index (χ1v) is 9.18. The van der Waals surface area contributed by atoms with E-state index in [4.69, 9.17) is 0 Å². The largest absolute Gasteiger partial charge is 0.345 e. The highest BCUT2D eigenvalue weighted by atomic mass is 19.2. The molecule has 0 aliphatic heterocycles. The van der Waals surface area contributed by atoms with Crippen LogP contribution in [0.25, 0.3) is 0 Å². The highest BCUT2D eigenvalue weighted by Gasteiger charge is 2.25. The Morgan fingerprint density at radius 1 is 0.933 bits per heavy atom. The summed E-state index contributed by atoms with van der Waals surface area (Å²) in [4.78, 5) is 36.7. The first-order valence-electron chi connectivity index (χ1n) is 9.18. The van der Waals surface area contributed by atoms with Gasteiger partial charge in [0, 0.05) is 5.56 Å². The Morgan fingerprint density at radius 2 is 1.57 bits per heavy atom. The fraction of sp³-hybridized carbons (Fsp3) is 0.286. The van der Waals surface area contributed by atoms with Crippen LogP contribution < -0.4 is 16.0 Å². The van der Waals surface area contributed by atoms with E-state index in [0.717, 1.165) is 11.6 Å². The van der Waals surface area contributed by atoms with E-state index in [-0.39, 0.29) is 5.92 Å². The van der Waals surface area contributed by atoms with Crippen LogP contribution >= 0.6 is 0 Å². The van der Waals surface area contributed by atoms with E-state index in [0.29, 0.717) is 11.6 Å². The number of hydrogen-bond acceptors (Lipinski definition) is 3. The van der Waals surface area contributed by atoms with Crippen LogP contribution in [0.2, 0.25) is 0 Å². The summed E-state index contributed by atoms with van der Waals surface area (Å²) >= 11 is 0. The molecule has 9 heteroatoms. The van der Waals surface area contributed by atoms with Crippen molar-refractivity contribution < 1.29 is 27.6 Å². The van der Waals surface area contributed by atoms with Crippen molar-refractivity contribution >= 4 is 23.4 Å². The van der Waals surface area contributed by atoms with Gasteiger partial charge in [-0.2, -0.15) is 0 Å². The molecular formula is C21H22F3N3O3. The highest BCUT2D eigenvalue weighted by Crippen LogP contribution is 2.19. The molecule has 0 heterocycles. The van der Waals surface area contributed by atoms with Crippen molar-refractivity contribution in [1.82, 2.24) is 10.6 Å². The maximum Gasteiger partial charge on any atom is 0.251 e. The number of aryl methyl sites for hydroxylation is 1. The molecule has 3 N–H and O–H groups in total. The van der Waals surface area contributed by atoms with Crippen LogP contribution in [-0.4, -0.2) is 30.3 Å². The summed E-state index contributed by atoms with van der Waals surface area (Å²) in [5.41, 5.74) is 0.806. The monoisotopic (exact) mass is 421 g/mol. The lowest BCUT2D eigenvalue weighted by molar-refractivity contribution is -0.126. The molecule has 0 aliphatic carbocycles. The molecule has 0 saturated heterocycles. The first-order chi connectivity index (χ1) is 14.1. The minimum Gasteiger partial charge on any atom is -0.345 e. The Labute approximate surface area is 171 Å². The third kappa shape index (κ3) is 5.82. The molecule has 0 aromatic heterocycles. The summed E-state index contributed by atoms with van der Waals surface area (Å²) in [6, 6.07) is 7.40. The van der Waals surface area contributed by atoms with Crippen molar-refractivity contribution in [2.75, 3.05) is 11.9 Å². The van der Waals surface area contributed by atoms with Gasteiger partial charge in [0.05, 0.1) is 12.2 Å². The Morgan fingerprint density at radius 3 is 2.17 bits per heavy atom. The van der Waals surface area contributed by atoms with Gasteiger partial charge in [0.1, 0.15) is 6.04 Å². The SMILES string of the molecule is Cc1ccc(C(=O)NC(C(=O)NCC(=O)Nc2ccc(F)c(F)c2F)C(C)C)cc1. The number of halogens is 3. The van der Waals surface area contributed by atoms with Crippen LogP contribution in [-0.2, 0) is 9.59 Å². The maximum absolute atomic E-state index is 13.6. The molecule has 30 heavy (non-hydrogen) atoms. The maximum atomic E-state index is 13.6. The average molecular weight is 421 g/mol. The molecule has 0 saturated carbocycles. The second-order valence-corrected chi connectivity index (χ2v) is 7.05. The Bertz CT molecular complexity index is 947. The van der Waals surface area contributed by atoms with Crippen LogP contribution in [0.15, 0.2) is 36.4 Å². The number of anilines is 1. The summed E-state index contributed by atoms with van der Waals surface area (Å²) in [7, 11) is 0. The van der Waals surface area contributed by atoms with Gasteiger partial charge in [0.15, 0.2) is 17.5 Å². The van der Waals surface area contributed by atoms with Crippen molar-refractivity contribution in [1.29, 1.82) is 0 Å². The molecule has 1 unspecified atom stereocenters. The molecular weight excluding hydrogens is 399 g/mol. The summed E-state index contributed by atoms with van der Waals surface area (Å²) < 4.78 is 39.8. The van der Waals surface area contributed by atoms with Crippen LogP contribution in [0.5, 0.6) is 0 Å². The van der Waals surface area contributed by atoms with Crippen molar-refractivity contribution in [3.05, 3.63) is 65.0 Å². The second kappa shape index (κ2) is 9.91. The molecule has 1 atom stereocenters. The van der Waals surface area contributed by atoms with Crippen LogP contribution in [0.3, 0.4) is 0 Å². The number of amides is 3. The van der Waals surface area contributed by atoms with Crippen LogP contribution in [0.1, 0.15) is 29.8 Å². The number of rotatable bonds is 7. The lowest BCUT2D eigenvalue weighted by atomic mass is 10.0. The predicted molar refractivity (Wildman–Crippen MR) is 105 cm³/mol. The minimum atomic E-state index is -1.71. The van der Waals surface area contributed by atoms with Gasteiger partial charge in [-0.1, -0.05) is 31.5 Å². The number of hydrogen-bond donors (Lipinski definition) is 3. The van der Waals surface area contributed by atoms with Gasteiger partial charge in [-0.15, -0.1) is 0 Å². The molecule has 0 aliphatic rings. The van der Waals surface area contributed by atoms with Crippen LogP contribution in [0, 0.1) is 30.3 Å². The Kier molecular flexibility index (Phi) is 7.57. The number of carbonyl (C=O) groups excluding carboxylic acids is 3. The zero-order chi connectivity index (χ0) is 22.4. The molecule has 6 nitrogen and oxygen atoms in total. The second-order valence-electron chi connectivity index (χ2n) is 7.05. The average Bonchev–Trinajstić information content (AvgIpc) is 2.70. The number of carbonyl (C=O) groups is 3. The molecule has 2 aromatic carbocycles. The van der Waals surface area contributed by atoms with Crippen molar-refractivity contribution in [2.24, 2.45) is 5.92 Å². The third-order valence-corrected chi connectivity index (χ3v) is 4.28. The normalized spacial score (nSPS) is 11.7. The number of benzene rings is 2. The summed E-state index contributed by atoms with van der Waals surface area (Å²) in [6.07, 6.45) is 0. The van der Waals surface area contributed by atoms with Crippen molar-refractivity contribution in [2.45, 2.75) is 26.8 Å². The quantitative estimate of drug-likeness (QED) is 0.601. The topological polar surface area (TPSA) is 87.3 Å². The highest BCUT2D eigenvalue weighted by molar-refractivity contribution is 5.99. The van der Waals surface area contributed by atoms with E-state index in [1.54, 1.807) is 38.1 Å². The standard InChI is InChI=1S/C21H22F3N3O3/c1-11(2)19(27-20(29)13-6-4-12(3)5-7-13)21(30)25-10-16(28)26-15-9-8-14(22)17(23)18(15)24/h4-9,11,19H,10H2,1-3H3,(H,25,30)(H,26,28)(H,27,29). The van der Waals surface area contributed by atoms with Crippen LogP contribution in [0.4, 0.5) is 18.9 Å². The molecule has 0 radical (unpaired) electrons. The predicted octanol–water partition coefficient (Wildman–Crippen LogP) is 2.92. The summed E-state index contributed by atoms with van der Waals surface area (Å²) in [6.45, 7) is 4.76. The summed E-state index contributed by atoms with van der Waals surface area (Å²) in [5, 5.41) is 7.00. The lowest BCUT2D eigenvalue weighted by Gasteiger charge is -2.21. The minimum absolute atomic E-state index is 0.286.